The number of nitrogens with one attached hydrogen (secondary N) is 1. The van der Waals surface area contributed by atoms with Gasteiger partial charge in [0.1, 0.15) is 0 Å². The quantitative estimate of drug-likeness (QED) is 0.504. The van der Waals surface area contributed by atoms with Gasteiger partial charge in [-0.3, -0.25) is 4.99 Å². The van der Waals surface area contributed by atoms with E-state index < -0.39 is 0 Å². The van der Waals surface area contributed by atoms with Crippen molar-refractivity contribution in [2.24, 2.45) is 27.7 Å². The third kappa shape index (κ3) is 4.83. The Kier molecular flexibility index (Phi) is 8.61. The standard InChI is InChI=1S/C23H36N2.2C2H6/c1-22(2)16-10-5-7-12-18(16)24-20(22)14-9-15-21-23(3,4)17-11-6-8-13-19(17)25-21;2*1-2/h9,14-19,24H,5-8,10-13H2,1-4H3;2*1-2H3/b15-9+,20-14-;;. The summed E-state index contributed by atoms with van der Waals surface area (Å²) in [7, 11) is 0. The monoisotopic (exact) mass is 400 g/mol. The normalized spacial score (nSPS) is 35.4. The topological polar surface area (TPSA) is 24.4 Å². The number of allylic oxidation sites excluding steroid dienone is 4. The van der Waals surface area contributed by atoms with Crippen molar-refractivity contribution in [3.63, 3.8) is 0 Å². The summed E-state index contributed by atoms with van der Waals surface area (Å²) < 4.78 is 0. The Morgan fingerprint density at radius 3 is 2.00 bits per heavy atom. The first-order valence-electron chi connectivity index (χ1n) is 12.6. The summed E-state index contributed by atoms with van der Waals surface area (Å²) in [6.45, 7) is 17.7. The van der Waals surface area contributed by atoms with Crippen molar-refractivity contribution >= 4 is 5.71 Å². The lowest BCUT2D eigenvalue weighted by Crippen LogP contribution is -2.33. The van der Waals surface area contributed by atoms with Crippen LogP contribution in [0.15, 0.2) is 28.9 Å². The average molecular weight is 401 g/mol. The summed E-state index contributed by atoms with van der Waals surface area (Å²) in [6.07, 6.45) is 17.9. The van der Waals surface area contributed by atoms with Gasteiger partial charge in [0.2, 0.25) is 0 Å². The minimum Gasteiger partial charge on any atom is -0.385 e. The van der Waals surface area contributed by atoms with Crippen LogP contribution in [0.25, 0.3) is 0 Å². The molecule has 2 heterocycles. The van der Waals surface area contributed by atoms with Gasteiger partial charge < -0.3 is 5.32 Å². The van der Waals surface area contributed by atoms with Crippen LogP contribution in [-0.2, 0) is 0 Å². The summed E-state index contributed by atoms with van der Waals surface area (Å²) in [5.41, 5.74) is 3.30. The zero-order valence-corrected chi connectivity index (χ0v) is 20.6. The highest BCUT2D eigenvalue weighted by molar-refractivity contribution is 6.01. The lowest BCUT2D eigenvalue weighted by Gasteiger charge is -2.33. The fourth-order valence-electron chi connectivity index (χ4n) is 6.15. The molecule has 0 aromatic rings. The van der Waals surface area contributed by atoms with Crippen LogP contribution in [0, 0.1) is 22.7 Å². The van der Waals surface area contributed by atoms with Crippen LogP contribution in [0.4, 0.5) is 0 Å². The molecule has 4 aliphatic rings. The fourth-order valence-corrected chi connectivity index (χ4v) is 6.15. The molecule has 2 aliphatic carbocycles. The van der Waals surface area contributed by atoms with Crippen LogP contribution in [0.5, 0.6) is 0 Å². The van der Waals surface area contributed by atoms with Gasteiger partial charge in [-0.25, -0.2) is 0 Å². The van der Waals surface area contributed by atoms with Crippen molar-refractivity contribution in [3.05, 3.63) is 23.9 Å². The molecule has 2 saturated carbocycles. The van der Waals surface area contributed by atoms with Gasteiger partial charge in [0, 0.05) is 28.3 Å². The lowest BCUT2D eigenvalue weighted by atomic mass is 9.69. The smallest absolute Gasteiger partial charge is 0.0540 e. The van der Waals surface area contributed by atoms with Gasteiger partial charge >= 0.3 is 0 Å². The van der Waals surface area contributed by atoms with Crippen molar-refractivity contribution in [2.75, 3.05) is 0 Å². The van der Waals surface area contributed by atoms with E-state index in [4.69, 9.17) is 4.99 Å². The number of aliphatic imine (C=N–C) groups is 1. The molecule has 0 bridgehead atoms. The van der Waals surface area contributed by atoms with Crippen LogP contribution in [0.2, 0.25) is 0 Å². The second-order valence-electron chi connectivity index (χ2n) is 10.00. The zero-order chi connectivity index (χ0) is 21.7. The maximum atomic E-state index is 5.12. The van der Waals surface area contributed by atoms with Gasteiger partial charge in [-0.05, 0) is 49.7 Å². The first kappa shape index (κ1) is 24.2. The van der Waals surface area contributed by atoms with Gasteiger partial charge in [0.05, 0.1) is 6.04 Å². The molecule has 3 fully saturated rings. The fraction of sp³-hybridized carbons (Fsp3) is 0.815. The predicted molar refractivity (Wildman–Crippen MR) is 130 cm³/mol. The van der Waals surface area contributed by atoms with Crippen molar-refractivity contribution < 1.29 is 0 Å². The van der Waals surface area contributed by atoms with Crippen LogP contribution < -0.4 is 5.32 Å². The molecule has 2 nitrogen and oxygen atoms in total. The van der Waals surface area contributed by atoms with Gasteiger partial charge in [-0.15, -0.1) is 0 Å². The van der Waals surface area contributed by atoms with Gasteiger partial charge in [0.25, 0.3) is 0 Å². The minimum absolute atomic E-state index is 0.243. The second-order valence-corrected chi connectivity index (χ2v) is 10.00. The zero-order valence-electron chi connectivity index (χ0n) is 20.6. The molecule has 2 aliphatic heterocycles. The molecular weight excluding hydrogens is 352 g/mol. The molecule has 166 valence electrons. The number of fused-ring (bicyclic) bond motifs is 2. The third-order valence-electron chi connectivity index (χ3n) is 7.87. The first-order chi connectivity index (χ1) is 13.9. The van der Waals surface area contributed by atoms with E-state index in [2.05, 4.69) is 51.2 Å². The van der Waals surface area contributed by atoms with Gasteiger partial charge in [-0.2, -0.15) is 0 Å². The van der Waals surface area contributed by atoms with Crippen LogP contribution >= 0.6 is 0 Å². The second kappa shape index (κ2) is 10.3. The SMILES string of the molecule is CC.CC.CC1(C)C(/C=C/C=C2\NC3CCCCC3C2(C)C)=NC2CCCCC21. The van der Waals surface area contributed by atoms with E-state index in [0.717, 1.165) is 11.8 Å². The molecule has 0 radical (unpaired) electrons. The van der Waals surface area contributed by atoms with E-state index in [1.54, 1.807) is 0 Å². The highest BCUT2D eigenvalue weighted by Gasteiger charge is 2.46. The molecule has 4 atom stereocenters. The first-order valence-corrected chi connectivity index (χ1v) is 12.6. The molecule has 0 spiro atoms. The van der Waals surface area contributed by atoms with Gasteiger partial charge in [-0.1, -0.05) is 87.1 Å². The molecule has 1 N–H and O–H groups in total. The Morgan fingerprint density at radius 1 is 0.793 bits per heavy atom. The number of rotatable bonds is 2. The number of hydrogen-bond acceptors (Lipinski definition) is 2. The lowest BCUT2D eigenvalue weighted by molar-refractivity contribution is 0.216. The molecule has 0 aromatic heterocycles. The molecule has 4 rings (SSSR count). The van der Waals surface area contributed by atoms with Crippen LogP contribution in [-0.4, -0.2) is 17.8 Å². The van der Waals surface area contributed by atoms with E-state index >= 15 is 0 Å². The summed E-state index contributed by atoms with van der Waals surface area (Å²) in [5.74, 6) is 1.57. The van der Waals surface area contributed by atoms with E-state index in [-0.39, 0.29) is 10.8 Å². The Bertz CT molecular complexity index is 608. The molecule has 0 amide bonds. The molecular formula is C27H48N2. The number of nitrogens with zero attached hydrogens (tertiary/aromatic N) is 1. The Balaban J connectivity index is 0.000000707. The van der Waals surface area contributed by atoms with Crippen molar-refractivity contribution in [2.45, 2.75) is 119 Å². The van der Waals surface area contributed by atoms with Crippen LogP contribution in [0.3, 0.4) is 0 Å². The Labute approximate surface area is 181 Å². The predicted octanol–water partition coefficient (Wildman–Crippen LogP) is 7.71. The van der Waals surface area contributed by atoms with E-state index in [1.165, 1.54) is 62.8 Å². The molecule has 1 saturated heterocycles. The molecule has 29 heavy (non-hydrogen) atoms. The summed E-state index contributed by atoms with van der Waals surface area (Å²) in [6, 6.07) is 1.28. The summed E-state index contributed by atoms with van der Waals surface area (Å²) >= 11 is 0. The van der Waals surface area contributed by atoms with Crippen LogP contribution in [0.1, 0.15) is 107 Å². The summed E-state index contributed by atoms with van der Waals surface area (Å²) in [5, 5.41) is 3.85. The Hall–Kier alpha value is -1.05. The average Bonchev–Trinajstić information content (AvgIpc) is 3.15. The largest absolute Gasteiger partial charge is 0.385 e. The van der Waals surface area contributed by atoms with E-state index in [9.17, 15) is 0 Å². The summed E-state index contributed by atoms with van der Waals surface area (Å²) in [4.78, 5) is 5.12. The maximum Gasteiger partial charge on any atom is 0.0540 e. The third-order valence-corrected chi connectivity index (χ3v) is 7.87. The maximum absolute atomic E-state index is 5.12. The van der Waals surface area contributed by atoms with E-state index in [1.807, 2.05) is 27.7 Å². The van der Waals surface area contributed by atoms with Crippen molar-refractivity contribution in [1.29, 1.82) is 0 Å². The van der Waals surface area contributed by atoms with Gasteiger partial charge in [0.15, 0.2) is 0 Å². The highest BCUT2D eigenvalue weighted by atomic mass is 15.0. The molecule has 0 aromatic carbocycles. The Morgan fingerprint density at radius 2 is 1.38 bits per heavy atom. The van der Waals surface area contributed by atoms with Crippen molar-refractivity contribution in [1.82, 2.24) is 5.32 Å². The molecule has 4 unspecified atom stereocenters. The molecule has 2 heteroatoms. The van der Waals surface area contributed by atoms with Crippen molar-refractivity contribution in [3.8, 4) is 0 Å². The minimum atomic E-state index is 0.243. The highest BCUT2D eigenvalue weighted by Crippen LogP contribution is 2.48. The number of hydrogen-bond donors (Lipinski definition) is 1. The van der Waals surface area contributed by atoms with E-state index in [0.29, 0.717) is 12.1 Å².